The first-order valence-electron chi connectivity index (χ1n) is 14.1. The summed E-state index contributed by atoms with van der Waals surface area (Å²) in [5, 5.41) is 2.32. The zero-order valence-corrected chi connectivity index (χ0v) is 28.1. The van der Waals surface area contributed by atoms with Crippen LogP contribution >= 0.6 is 47.0 Å². The van der Waals surface area contributed by atoms with E-state index in [4.69, 9.17) is 0 Å². The number of hydrogen-bond donors (Lipinski definition) is 2. The van der Waals surface area contributed by atoms with Gasteiger partial charge in [0, 0.05) is 24.0 Å². The van der Waals surface area contributed by atoms with Crippen LogP contribution in [-0.2, 0) is 0 Å². The van der Waals surface area contributed by atoms with Crippen molar-refractivity contribution in [2.45, 2.75) is 80.7 Å². The summed E-state index contributed by atoms with van der Waals surface area (Å²) in [5.41, 5.74) is 5.11. The molecule has 0 saturated heterocycles. The van der Waals surface area contributed by atoms with Gasteiger partial charge < -0.3 is 34.6 Å². The van der Waals surface area contributed by atoms with Gasteiger partial charge in [-0.2, -0.15) is 17.5 Å². The first-order valence-corrected chi connectivity index (χ1v) is 17.6. The first kappa shape index (κ1) is 35.0. The average Bonchev–Trinajstić information content (AvgIpc) is 3.56. The van der Waals surface area contributed by atoms with E-state index in [-0.39, 0.29) is 24.8 Å². The summed E-state index contributed by atoms with van der Waals surface area (Å²) in [6.07, 6.45) is 19.2. The molecule has 4 heterocycles. The lowest BCUT2D eigenvalue weighted by atomic mass is 10.1. The van der Waals surface area contributed by atoms with Crippen LogP contribution in [0.4, 0.5) is 0 Å². The molecule has 12 heteroatoms. The Balaban J connectivity index is 0.00000267. The Bertz CT molecular complexity index is 934. The quantitative estimate of drug-likeness (QED) is 0.169. The van der Waals surface area contributed by atoms with Crippen molar-refractivity contribution in [1.82, 2.24) is 17.5 Å². The summed E-state index contributed by atoms with van der Waals surface area (Å²) in [6, 6.07) is 0. The van der Waals surface area contributed by atoms with Gasteiger partial charge in [0.15, 0.2) is 0 Å². The highest BCUT2D eigenvalue weighted by molar-refractivity contribution is 7.99. The molecule has 0 bridgehead atoms. The first-order chi connectivity index (χ1) is 18.2. The summed E-state index contributed by atoms with van der Waals surface area (Å²) < 4.78 is 18.4. The SMILES string of the molecule is C[NH+]1CCC=C(c2nsnc2SCCCCCCCCCCCSc2nsnc2C2=CCC[NH+](C)C2)C1.[Cl-].[Cl-]. The Morgan fingerprint density at radius 2 is 1.00 bits per heavy atom. The van der Waals surface area contributed by atoms with Gasteiger partial charge in [-0.1, -0.05) is 57.1 Å². The minimum atomic E-state index is 0. The van der Waals surface area contributed by atoms with Crippen LogP contribution in [0.3, 0.4) is 0 Å². The van der Waals surface area contributed by atoms with Crippen molar-refractivity contribution in [3.05, 3.63) is 23.5 Å². The van der Waals surface area contributed by atoms with E-state index in [9.17, 15) is 0 Å². The number of halogens is 2. The molecule has 2 atom stereocenters. The van der Waals surface area contributed by atoms with Crippen LogP contribution in [0.15, 0.2) is 22.2 Å². The summed E-state index contributed by atoms with van der Waals surface area (Å²) in [4.78, 5) is 3.15. The molecule has 2 aliphatic heterocycles. The fourth-order valence-corrected chi connectivity index (χ4v) is 8.46. The molecule has 2 aromatic heterocycles. The fraction of sp³-hybridized carbons (Fsp3) is 0.704. The van der Waals surface area contributed by atoms with Crippen molar-refractivity contribution in [3.63, 3.8) is 0 Å². The van der Waals surface area contributed by atoms with Crippen molar-refractivity contribution in [3.8, 4) is 0 Å². The minimum Gasteiger partial charge on any atom is -1.00 e. The molecular formula is C27H44Cl2N6S4. The van der Waals surface area contributed by atoms with Gasteiger partial charge >= 0.3 is 0 Å². The molecule has 0 fully saturated rings. The van der Waals surface area contributed by atoms with Crippen molar-refractivity contribution >= 4 is 58.1 Å². The molecule has 39 heavy (non-hydrogen) atoms. The Morgan fingerprint density at radius 1 is 0.615 bits per heavy atom. The molecule has 2 aliphatic rings. The second-order valence-corrected chi connectivity index (χ2v) is 13.7. The third-order valence-electron chi connectivity index (χ3n) is 7.20. The zero-order valence-electron chi connectivity index (χ0n) is 23.4. The van der Waals surface area contributed by atoms with Crippen LogP contribution in [0, 0.1) is 0 Å². The maximum absolute atomic E-state index is 4.61. The van der Waals surface area contributed by atoms with E-state index in [1.165, 1.54) is 105 Å². The molecule has 0 aliphatic carbocycles. The highest BCUT2D eigenvalue weighted by atomic mass is 35.5. The largest absolute Gasteiger partial charge is 1.00 e. The van der Waals surface area contributed by atoms with E-state index in [0.717, 1.165) is 58.9 Å². The lowest BCUT2D eigenvalue weighted by Gasteiger charge is -2.19. The third-order valence-corrected chi connectivity index (χ3v) is 10.6. The highest BCUT2D eigenvalue weighted by Gasteiger charge is 2.21. The average molecular weight is 652 g/mol. The van der Waals surface area contributed by atoms with E-state index in [0.29, 0.717) is 0 Å². The highest BCUT2D eigenvalue weighted by Crippen LogP contribution is 2.29. The van der Waals surface area contributed by atoms with Crippen LogP contribution in [0.2, 0.25) is 0 Å². The lowest BCUT2D eigenvalue weighted by Crippen LogP contribution is -3.09. The van der Waals surface area contributed by atoms with Crippen molar-refractivity contribution in [1.29, 1.82) is 0 Å². The van der Waals surface area contributed by atoms with Gasteiger partial charge in [-0.3, -0.25) is 0 Å². The molecule has 0 amide bonds. The molecule has 2 aromatic rings. The van der Waals surface area contributed by atoms with Crippen LogP contribution < -0.4 is 34.6 Å². The number of rotatable bonds is 16. The zero-order chi connectivity index (χ0) is 25.7. The number of nitrogens with one attached hydrogen (secondary N) is 2. The summed E-state index contributed by atoms with van der Waals surface area (Å²) in [6.45, 7) is 4.62. The van der Waals surface area contributed by atoms with Crippen LogP contribution in [0.25, 0.3) is 11.1 Å². The number of thioether (sulfide) groups is 2. The Kier molecular flexibility index (Phi) is 17.8. The smallest absolute Gasteiger partial charge is 0.138 e. The molecule has 0 radical (unpaired) electrons. The molecule has 0 spiro atoms. The van der Waals surface area contributed by atoms with E-state index in [1.807, 2.05) is 23.5 Å². The van der Waals surface area contributed by atoms with E-state index in [1.54, 1.807) is 9.80 Å². The van der Waals surface area contributed by atoms with Crippen LogP contribution in [0.1, 0.15) is 82.0 Å². The maximum Gasteiger partial charge on any atom is 0.138 e. The van der Waals surface area contributed by atoms with Gasteiger partial charge in [-0.25, -0.2) is 0 Å². The van der Waals surface area contributed by atoms with Crippen LogP contribution in [-0.4, -0.2) is 69.3 Å². The van der Waals surface area contributed by atoms with Crippen molar-refractivity contribution in [2.75, 3.05) is 51.8 Å². The van der Waals surface area contributed by atoms with Crippen molar-refractivity contribution < 1.29 is 34.6 Å². The topological polar surface area (TPSA) is 60.4 Å². The second-order valence-electron chi connectivity index (χ2n) is 10.5. The Hall–Kier alpha value is -0.200. The van der Waals surface area contributed by atoms with Crippen molar-refractivity contribution in [2.24, 2.45) is 0 Å². The Morgan fingerprint density at radius 3 is 1.38 bits per heavy atom. The monoisotopic (exact) mass is 650 g/mol. The predicted octanol–water partition coefficient (Wildman–Crippen LogP) is -1.60. The predicted molar refractivity (Wildman–Crippen MR) is 161 cm³/mol. The molecular weight excluding hydrogens is 608 g/mol. The molecule has 6 nitrogen and oxygen atoms in total. The number of nitrogens with zero attached hydrogens (tertiary/aromatic N) is 4. The second kappa shape index (κ2) is 19.8. The van der Waals surface area contributed by atoms with Crippen LogP contribution in [0.5, 0.6) is 0 Å². The summed E-state index contributed by atoms with van der Waals surface area (Å²) in [5.74, 6) is 2.33. The number of quaternary nitrogens is 2. The molecule has 220 valence electrons. The maximum atomic E-state index is 4.61. The van der Waals surface area contributed by atoms with Gasteiger partial charge in [0.25, 0.3) is 0 Å². The van der Waals surface area contributed by atoms with Gasteiger partial charge in [0.05, 0.1) is 50.6 Å². The minimum absolute atomic E-state index is 0. The number of aromatic nitrogens is 4. The standard InChI is InChI=1S/C27H42N6S4.2ClH/c1-32-16-12-14-22(20-32)24-26(30-36-28-24)34-18-10-8-6-4-3-5-7-9-11-19-35-27-25(29-37-31-27)23-15-13-17-33(2)21-23;;/h14-15H,3-13,16-21H2,1-2H3;2*1H. The number of unbranched alkanes of at least 4 members (excludes halogenated alkanes) is 8. The van der Waals surface area contributed by atoms with Gasteiger partial charge in [0.2, 0.25) is 0 Å². The fourth-order valence-electron chi connectivity index (χ4n) is 5.04. The summed E-state index contributed by atoms with van der Waals surface area (Å²) in [7, 11) is 4.54. The van der Waals surface area contributed by atoms with E-state index >= 15 is 0 Å². The third kappa shape index (κ3) is 11.9. The van der Waals surface area contributed by atoms with Gasteiger partial charge in [-0.15, -0.1) is 23.5 Å². The molecule has 0 saturated carbocycles. The normalized spacial score (nSPS) is 19.1. The Labute approximate surface area is 264 Å². The van der Waals surface area contributed by atoms with Gasteiger partial charge in [0.1, 0.15) is 34.5 Å². The number of hydrogen-bond acceptors (Lipinski definition) is 8. The van der Waals surface area contributed by atoms with E-state index < -0.39 is 0 Å². The molecule has 2 N–H and O–H groups in total. The molecule has 4 rings (SSSR count). The lowest BCUT2D eigenvalue weighted by molar-refractivity contribution is -0.872. The molecule has 2 unspecified atom stereocenters. The van der Waals surface area contributed by atoms with E-state index in [2.05, 4.69) is 43.7 Å². The van der Waals surface area contributed by atoms with Gasteiger partial charge in [-0.05, 0) is 24.3 Å². The molecule has 0 aromatic carbocycles. The number of likely N-dealkylation sites (N-methyl/N-ethyl adjacent to an activating group) is 2. The summed E-state index contributed by atoms with van der Waals surface area (Å²) >= 11 is 6.56.